The molecule has 3 nitrogen and oxygen atoms in total. The predicted octanol–water partition coefficient (Wildman–Crippen LogP) is 1.64. The van der Waals surface area contributed by atoms with Gasteiger partial charge in [-0.05, 0) is 25.7 Å². The average molecular weight is 170 g/mol. The third kappa shape index (κ3) is 1.89. The largest absolute Gasteiger partial charge is 0.469 e. The minimum Gasteiger partial charge on any atom is -0.469 e. The van der Waals surface area contributed by atoms with E-state index < -0.39 is 0 Å². The minimum atomic E-state index is 0.717. The molecule has 0 radical (unpaired) electrons. The summed E-state index contributed by atoms with van der Waals surface area (Å²) in [7, 11) is 0. The summed E-state index contributed by atoms with van der Waals surface area (Å²) in [5.74, 6) is 1.60. The zero-order valence-corrected chi connectivity index (χ0v) is 7.23. The number of aryl methyl sites for hydroxylation is 1. The van der Waals surface area contributed by atoms with Crippen LogP contribution in [0.2, 0.25) is 0 Å². The van der Waals surface area contributed by atoms with Gasteiger partial charge in [0.25, 0.3) is 5.19 Å². The van der Waals surface area contributed by atoms with Crippen molar-refractivity contribution < 1.29 is 4.74 Å². The molecule has 0 saturated heterocycles. The first-order chi connectivity index (χ1) is 5.34. The summed E-state index contributed by atoms with van der Waals surface area (Å²) in [5.41, 5.74) is 0. The fraction of sp³-hybridized carbons (Fsp3) is 0.714. The summed E-state index contributed by atoms with van der Waals surface area (Å²) in [6.07, 6.45) is 2.63. The minimum absolute atomic E-state index is 0.717. The topological polar surface area (TPSA) is 35.0 Å². The van der Waals surface area contributed by atoms with Crippen molar-refractivity contribution in [3.05, 3.63) is 5.82 Å². The van der Waals surface area contributed by atoms with Crippen LogP contribution in [0.15, 0.2) is 0 Å². The Bertz CT molecular complexity index is 244. The average Bonchev–Trinajstić information content (AvgIpc) is 2.72. The Labute approximate surface area is 69.6 Å². The molecule has 0 amide bonds. The van der Waals surface area contributed by atoms with Gasteiger partial charge < -0.3 is 4.74 Å². The van der Waals surface area contributed by atoms with Crippen LogP contribution in [0.1, 0.15) is 18.7 Å². The molecule has 1 aliphatic rings. The Balaban J connectivity index is 1.85. The molecule has 0 aliphatic heterocycles. The number of rotatable bonds is 3. The Hall–Kier alpha value is -0.640. The zero-order valence-electron chi connectivity index (χ0n) is 6.41. The second kappa shape index (κ2) is 2.77. The molecule has 0 atom stereocenters. The van der Waals surface area contributed by atoms with Crippen LogP contribution in [0.5, 0.6) is 5.19 Å². The standard InChI is InChI=1S/C7H10N2OS/c1-5-8-7(11-9-5)10-4-6-2-3-6/h6H,2-4H2,1H3. The van der Waals surface area contributed by atoms with E-state index in [0.29, 0.717) is 0 Å². The lowest BCUT2D eigenvalue weighted by molar-refractivity contribution is 0.298. The summed E-state index contributed by atoms with van der Waals surface area (Å²) in [5, 5.41) is 0.717. The van der Waals surface area contributed by atoms with Gasteiger partial charge in [-0.25, -0.2) is 0 Å². The maximum atomic E-state index is 5.40. The Morgan fingerprint density at radius 3 is 3.00 bits per heavy atom. The van der Waals surface area contributed by atoms with Gasteiger partial charge in [0.1, 0.15) is 5.82 Å². The highest BCUT2D eigenvalue weighted by molar-refractivity contribution is 7.07. The second-order valence-corrected chi connectivity index (χ2v) is 3.58. The van der Waals surface area contributed by atoms with Crippen LogP contribution in [0.4, 0.5) is 0 Å². The van der Waals surface area contributed by atoms with Gasteiger partial charge in [-0.15, -0.1) is 0 Å². The molecule has 4 heteroatoms. The Morgan fingerprint density at radius 1 is 1.64 bits per heavy atom. The van der Waals surface area contributed by atoms with E-state index in [4.69, 9.17) is 4.74 Å². The van der Waals surface area contributed by atoms with Gasteiger partial charge in [0.2, 0.25) is 0 Å². The molecule has 60 valence electrons. The van der Waals surface area contributed by atoms with Crippen LogP contribution in [-0.4, -0.2) is 16.0 Å². The number of aromatic nitrogens is 2. The van der Waals surface area contributed by atoms with E-state index in [1.165, 1.54) is 24.4 Å². The summed E-state index contributed by atoms with van der Waals surface area (Å²) >= 11 is 1.34. The summed E-state index contributed by atoms with van der Waals surface area (Å²) in [6.45, 7) is 2.70. The van der Waals surface area contributed by atoms with Crippen molar-refractivity contribution in [3.63, 3.8) is 0 Å². The molecule has 1 aromatic heterocycles. The predicted molar refractivity (Wildman–Crippen MR) is 42.9 cm³/mol. The van der Waals surface area contributed by atoms with Gasteiger partial charge in [-0.3, -0.25) is 0 Å². The monoisotopic (exact) mass is 170 g/mol. The molecule has 1 aliphatic carbocycles. The van der Waals surface area contributed by atoms with Crippen LogP contribution in [0, 0.1) is 12.8 Å². The first-order valence-corrected chi connectivity index (χ1v) is 4.55. The van der Waals surface area contributed by atoms with Gasteiger partial charge in [-0.1, -0.05) is 0 Å². The molecule has 0 unspecified atom stereocenters. The normalized spacial score (nSPS) is 16.8. The molecule has 2 rings (SSSR count). The number of hydrogen-bond acceptors (Lipinski definition) is 4. The first kappa shape index (κ1) is 7.03. The zero-order chi connectivity index (χ0) is 7.68. The molecular weight excluding hydrogens is 160 g/mol. The molecule has 1 heterocycles. The molecule has 0 spiro atoms. The molecule has 0 N–H and O–H groups in total. The number of ether oxygens (including phenoxy) is 1. The van der Waals surface area contributed by atoms with Crippen molar-refractivity contribution in [1.82, 2.24) is 9.36 Å². The van der Waals surface area contributed by atoms with E-state index in [2.05, 4.69) is 9.36 Å². The molecule has 0 aromatic carbocycles. The van der Waals surface area contributed by atoms with Crippen LogP contribution in [-0.2, 0) is 0 Å². The summed E-state index contributed by atoms with van der Waals surface area (Å²) < 4.78 is 9.42. The van der Waals surface area contributed by atoms with E-state index in [0.717, 1.165) is 23.5 Å². The lowest BCUT2D eigenvalue weighted by atomic mass is 10.5. The van der Waals surface area contributed by atoms with Crippen molar-refractivity contribution in [1.29, 1.82) is 0 Å². The maximum Gasteiger partial charge on any atom is 0.293 e. The number of hydrogen-bond donors (Lipinski definition) is 0. The Morgan fingerprint density at radius 2 is 2.45 bits per heavy atom. The number of nitrogens with zero attached hydrogens (tertiary/aromatic N) is 2. The van der Waals surface area contributed by atoms with Gasteiger partial charge in [0.05, 0.1) is 6.61 Å². The maximum absolute atomic E-state index is 5.40. The fourth-order valence-corrected chi connectivity index (χ4v) is 1.36. The third-order valence-electron chi connectivity index (χ3n) is 1.65. The van der Waals surface area contributed by atoms with E-state index in [1.807, 2.05) is 6.92 Å². The smallest absolute Gasteiger partial charge is 0.293 e. The molecular formula is C7H10N2OS. The van der Waals surface area contributed by atoms with E-state index in [-0.39, 0.29) is 0 Å². The highest BCUT2D eigenvalue weighted by atomic mass is 32.1. The first-order valence-electron chi connectivity index (χ1n) is 3.78. The lowest BCUT2D eigenvalue weighted by Gasteiger charge is -1.96. The summed E-state index contributed by atoms with van der Waals surface area (Å²) in [6, 6.07) is 0. The van der Waals surface area contributed by atoms with Gasteiger partial charge in [-0.2, -0.15) is 9.36 Å². The van der Waals surface area contributed by atoms with Crippen LogP contribution in [0.25, 0.3) is 0 Å². The van der Waals surface area contributed by atoms with E-state index in [9.17, 15) is 0 Å². The quantitative estimate of drug-likeness (QED) is 0.691. The van der Waals surface area contributed by atoms with Crippen molar-refractivity contribution in [2.45, 2.75) is 19.8 Å². The van der Waals surface area contributed by atoms with Crippen molar-refractivity contribution in [2.24, 2.45) is 5.92 Å². The van der Waals surface area contributed by atoms with Crippen molar-refractivity contribution in [3.8, 4) is 5.19 Å². The van der Waals surface area contributed by atoms with E-state index in [1.54, 1.807) is 0 Å². The molecule has 1 saturated carbocycles. The van der Waals surface area contributed by atoms with Crippen LogP contribution >= 0.6 is 11.5 Å². The molecule has 11 heavy (non-hydrogen) atoms. The molecule has 1 fully saturated rings. The van der Waals surface area contributed by atoms with Gasteiger partial charge in [0.15, 0.2) is 0 Å². The van der Waals surface area contributed by atoms with Crippen molar-refractivity contribution in [2.75, 3.05) is 6.61 Å². The molecule has 0 bridgehead atoms. The second-order valence-electron chi connectivity index (χ2n) is 2.86. The highest BCUT2D eigenvalue weighted by Gasteiger charge is 2.22. The third-order valence-corrected chi connectivity index (χ3v) is 2.37. The van der Waals surface area contributed by atoms with Gasteiger partial charge in [0, 0.05) is 11.5 Å². The Kier molecular flexibility index (Phi) is 1.77. The van der Waals surface area contributed by atoms with Crippen molar-refractivity contribution >= 4 is 11.5 Å². The lowest BCUT2D eigenvalue weighted by Crippen LogP contribution is -1.98. The molecule has 1 aromatic rings. The van der Waals surface area contributed by atoms with E-state index >= 15 is 0 Å². The highest BCUT2D eigenvalue weighted by Crippen LogP contribution is 2.29. The fourth-order valence-electron chi connectivity index (χ4n) is 0.810. The van der Waals surface area contributed by atoms with Gasteiger partial charge >= 0.3 is 0 Å². The van der Waals surface area contributed by atoms with Crippen LogP contribution in [0.3, 0.4) is 0 Å². The summed E-state index contributed by atoms with van der Waals surface area (Å²) in [4.78, 5) is 4.10. The van der Waals surface area contributed by atoms with Crippen LogP contribution < -0.4 is 4.74 Å². The SMILES string of the molecule is Cc1nsc(OCC2CC2)n1.